The van der Waals surface area contributed by atoms with Crippen molar-refractivity contribution in [3.8, 4) is 0 Å². The number of amides is 1. The highest BCUT2D eigenvalue weighted by Gasteiger charge is 2.31. The van der Waals surface area contributed by atoms with Crippen LogP contribution in [0.5, 0.6) is 0 Å². The second-order valence-corrected chi connectivity index (χ2v) is 5.73. The summed E-state index contributed by atoms with van der Waals surface area (Å²) >= 11 is 0. The monoisotopic (exact) mass is 302 g/mol. The fourth-order valence-electron chi connectivity index (χ4n) is 3.06. The van der Waals surface area contributed by atoms with E-state index >= 15 is 0 Å². The SMILES string of the molecule is CCn1cc2c(n1)CN(C(=O)c1cccn1C)CC2COC. The van der Waals surface area contributed by atoms with Gasteiger partial charge in [-0.2, -0.15) is 5.10 Å². The number of aryl methyl sites for hydroxylation is 2. The highest BCUT2D eigenvalue weighted by molar-refractivity contribution is 5.92. The average Bonchev–Trinajstić information content (AvgIpc) is 3.12. The smallest absolute Gasteiger partial charge is 0.270 e. The van der Waals surface area contributed by atoms with E-state index in [1.807, 2.05) is 39.5 Å². The third-order valence-corrected chi connectivity index (χ3v) is 4.23. The Morgan fingerprint density at radius 2 is 2.32 bits per heavy atom. The Bertz CT molecular complexity index is 673. The number of methoxy groups -OCH3 is 1. The molecule has 3 heterocycles. The van der Waals surface area contributed by atoms with Crippen molar-refractivity contribution in [3.05, 3.63) is 41.5 Å². The molecule has 6 nitrogen and oxygen atoms in total. The van der Waals surface area contributed by atoms with E-state index in [2.05, 4.69) is 18.2 Å². The summed E-state index contributed by atoms with van der Waals surface area (Å²) in [5, 5.41) is 4.60. The van der Waals surface area contributed by atoms with E-state index in [1.165, 1.54) is 5.56 Å². The van der Waals surface area contributed by atoms with Crippen molar-refractivity contribution < 1.29 is 9.53 Å². The Labute approximate surface area is 130 Å². The maximum absolute atomic E-state index is 12.7. The zero-order valence-electron chi connectivity index (χ0n) is 13.3. The van der Waals surface area contributed by atoms with Crippen LogP contribution in [-0.4, -0.2) is 45.4 Å². The fraction of sp³-hybridized carbons (Fsp3) is 0.500. The van der Waals surface area contributed by atoms with Crippen LogP contribution in [0.15, 0.2) is 24.5 Å². The zero-order valence-corrected chi connectivity index (χ0v) is 13.3. The Balaban J connectivity index is 1.89. The van der Waals surface area contributed by atoms with E-state index in [0.717, 1.165) is 12.2 Å². The van der Waals surface area contributed by atoms with Gasteiger partial charge in [0.15, 0.2) is 0 Å². The summed E-state index contributed by atoms with van der Waals surface area (Å²) in [4.78, 5) is 14.6. The number of carbonyl (C=O) groups excluding carboxylic acids is 1. The summed E-state index contributed by atoms with van der Waals surface area (Å²) in [6.45, 7) is 4.72. The number of hydrogen-bond donors (Lipinski definition) is 0. The molecule has 3 rings (SSSR count). The number of fused-ring (bicyclic) bond motifs is 1. The van der Waals surface area contributed by atoms with E-state index in [-0.39, 0.29) is 11.8 Å². The molecule has 0 spiro atoms. The van der Waals surface area contributed by atoms with Crippen LogP contribution in [-0.2, 0) is 24.9 Å². The van der Waals surface area contributed by atoms with Crippen molar-refractivity contribution in [3.63, 3.8) is 0 Å². The molecule has 2 aromatic rings. The van der Waals surface area contributed by atoms with Crippen molar-refractivity contribution in [2.75, 3.05) is 20.3 Å². The van der Waals surface area contributed by atoms with Crippen molar-refractivity contribution in [2.24, 2.45) is 7.05 Å². The van der Waals surface area contributed by atoms with Crippen LogP contribution >= 0.6 is 0 Å². The molecule has 0 saturated heterocycles. The largest absolute Gasteiger partial charge is 0.384 e. The molecular weight excluding hydrogens is 280 g/mol. The minimum Gasteiger partial charge on any atom is -0.384 e. The lowest BCUT2D eigenvalue weighted by atomic mass is 9.95. The van der Waals surface area contributed by atoms with E-state index in [0.29, 0.717) is 25.4 Å². The molecule has 1 aliphatic rings. The normalized spacial score (nSPS) is 17.6. The van der Waals surface area contributed by atoms with Crippen LogP contribution in [0.3, 0.4) is 0 Å². The number of aromatic nitrogens is 3. The second kappa shape index (κ2) is 5.96. The van der Waals surface area contributed by atoms with Gasteiger partial charge in [0.1, 0.15) is 5.69 Å². The minimum atomic E-state index is 0.0466. The molecule has 118 valence electrons. The molecule has 22 heavy (non-hydrogen) atoms. The predicted molar refractivity (Wildman–Crippen MR) is 82.7 cm³/mol. The molecule has 1 amide bonds. The number of rotatable bonds is 4. The van der Waals surface area contributed by atoms with E-state index < -0.39 is 0 Å². The van der Waals surface area contributed by atoms with Gasteiger partial charge in [-0.05, 0) is 19.1 Å². The zero-order chi connectivity index (χ0) is 15.7. The van der Waals surface area contributed by atoms with Crippen molar-refractivity contribution in [1.82, 2.24) is 19.2 Å². The van der Waals surface area contributed by atoms with Gasteiger partial charge in [0.25, 0.3) is 5.91 Å². The summed E-state index contributed by atoms with van der Waals surface area (Å²) in [6.07, 6.45) is 3.98. The van der Waals surface area contributed by atoms with Gasteiger partial charge in [0.2, 0.25) is 0 Å². The van der Waals surface area contributed by atoms with Gasteiger partial charge in [-0.3, -0.25) is 9.48 Å². The van der Waals surface area contributed by atoms with Gasteiger partial charge in [-0.25, -0.2) is 0 Å². The molecule has 2 aromatic heterocycles. The van der Waals surface area contributed by atoms with Crippen molar-refractivity contribution >= 4 is 5.91 Å². The third-order valence-electron chi connectivity index (χ3n) is 4.23. The van der Waals surface area contributed by atoms with Crippen LogP contribution in [0.2, 0.25) is 0 Å². The number of hydrogen-bond acceptors (Lipinski definition) is 3. The Morgan fingerprint density at radius 1 is 1.50 bits per heavy atom. The molecule has 0 aliphatic carbocycles. The molecule has 0 fully saturated rings. The van der Waals surface area contributed by atoms with Crippen LogP contribution in [0.1, 0.15) is 34.6 Å². The molecule has 1 atom stereocenters. The van der Waals surface area contributed by atoms with Gasteiger partial charge in [0.05, 0.1) is 18.8 Å². The Hall–Kier alpha value is -2.08. The second-order valence-electron chi connectivity index (χ2n) is 5.73. The van der Waals surface area contributed by atoms with Crippen molar-refractivity contribution in [2.45, 2.75) is 25.9 Å². The van der Waals surface area contributed by atoms with E-state index in [4.69, 9.17) is 4.74 Å². The first-order chi connectivity index (χ1) is 10.6. The Morgan fingerprint density at radius 3 is 2.95 bits per heavy atom. The van der Waals surface area contributed by atoms with Gasteiger partial charge in [-0.15, -0.1) is 0 Å². The van der Waals surface area contributed by atoms with Gasteiger partial charge in [-0.1, -0.05) is 0 Å². The predicted octanol–water partition coefficient (Wildman–Crippen LogP) is 1.63. The minimum absolute atomic E-state index is 0.0466. The van der Waals surface area contributed by atoms with Gasteiger partial charge in [0, 0.05) is 51.1 Å². The number of nitrogens with zero attached hydrogens (tertiary/aromatic N) is 4. The molecule has 0 bridgehead atoms. The molecule has 1 aliphatic heterocycles. The van der Waals surface area contributed by atoms with Gasteiger partial charge < -0.3 is 14.2 Å². The lowest BCUT2D eigenvalue weighted by Crippen LogP contribution is -2.40. The maximum atomic E-state index is 12.7. The molecule has 0 N–H and O–H groups in total. The highest BCUT2D eigenvalue weighted by atomic mass is 16.5. The highest BCUT2D eigenvalue weighted by Crippen LogP contribution is 2.28. The standard InChI is InChI=1S/C16H22N4O2/c1-4-20-9-13-12(11-22-3)8-19(10-14(13)17-20)16(21)15-6-5-7-18(15)2/h5-7,9,12H,4,8,10-11H2,1-3H3. The summed E-state index contributed by atoms with van der Waals surface area (Å²) < 4.78 is 9.13. The number of carbonyl (C=O) groups is 1. The summed E-state index contributed by atoms with van der Waals surface area (Å²) in [6, 6.07) is 3.74. The van der Waals surface area contributed by atoms with Crippen LogP contribution in [0, 0.1) is 0 Å². The van der Waals surface area contributed by atoms with E-state index in [9.17, 15) is 4.79 Å². The summed E-state index contributed by atoms with van der Waals surface area (Å²) in [5.74, 6) is 0.226. The molecule has 1 unspecified atom stereocenters. The first-order valence-electron chi connectivity index (χ1n) is 7.59. The maximum Gasteiger partial charge on any atom is 0.270 e. The average molecular weight is 302 g/mol. The summed E-state index contributed by atoms with van der Waals surface area (Å²) in [5.41, 5.74) is 2.90. The first kappa shape index (κ1) is 14.8. The molecule has 0 aromatic carbocycles. The quantitative estimate of drug-likeness (QED) is 0.862. The van der Waals surface area contributed by atoms with Crippen LogP contribution in [0.4, 0.5) is 0 Å². The molecule has 0 saturated carbocycles. The van der Waals surface area contributed by atoms with Gasteiger partial charge >= 0.3 is 0 Å². The first-order valence-corrected chi connectivity index (χ1v) is 7.59. The van der Waals surface area contributed by atoms with E-state index in [1.54, 1.807) is 7.11 Å². The molecule has 0 radical (unpaired) electrons. The topological polar surface area (TPSA) is 52.3 Å². The van der Waals surface area contributed by atoms with Crippen LogP contribution < -0.4 is 0 Å². The van der Waals surface area contributed by atoms with Crippen molar-refractivity contribution in [1.29, 1.82) is 0 Å². The fourth-order valence-corrected chi connectivity index (χ4v) is 3.06. The lowest BCUT2D eigenvalue weighted by molar-refractivity contribution is 0.0668. The third kappa shape index (κ3) is 2.54. The molecular formula is C16H22N4O2. The Kier molecular flexibility index (Phi) is 4.02. The molecule has 6 heteroatoms. The van der Waals surface area contributed by atoms with Crippen LogP contribution in [0.25, 0.3) is 0 Å². The number of ether oxygens (including phenoxy) is 1. The lowest BCUT2D eigenvalue weighted by Gasteiger charge is -2.31. The summed E-state index contributed by atoms with van der Waals surface area (Å²) in [7, 11) is 3.59.